The van der Waals surface area contributed by atoms with E-state index in [1.807, 2.05) is 0 Å². The molecule has 0 atom stereocenters. The minimum atomic E-state index is 0.857. The Morgan fingerprint density at radius 2 is 1.67 bits per heavy atom. The molecule has 1 aliphatic heterocycles. The van der Waals surface area contributed by atoms with Gasteiger partial charge in [-0.2, -0.15) is 0 Å². The number of ether oxygens (including phenoxy) is 1. The Hall–Kier alpha value is -1.02. The van der Waals surface area contributed by atoms with Crippen LogP contribution >= 0.6 is 0 Å². The highest BCUT2D eigenvalue weighted by molar-refractivity contribution is 5.32. The zero-order valence-corrected chi connectivity index (χ0v) is 11.8. The second kappa shape index (κ2) is 6.79. The fourth-order valence-corrected chi connectivity index (χ4v) is 2.81. The minimum absolute atomic E-state index is 0.857. The van der Waals surface area contributed by atoms with Crippen molar-refractivity contribution in [3.63, 3.8) is 0 Å². The van der Waals surface area contributed by atoms with E-state index in [1.54, 1.807) is 4.90 Å². The van der Waals surface area contributed by atoms with Crippen molar-refractivity contribution in [2.45, 2.75) is 39.5 Å². The third-order valence-corrected chi connectivity index (χ3v) is 3.70. The van der Waals surface area contributed by atoms with Gasteiger partial charge in [0.25, 0.3) is 0 Å². The average Bonchev–Trinajstić information content (AvgIpc) is 2.80. The van der Waals surface area contributed by atoms with E-state index >= 15 is 0 Å². The molecule has 1 fully saturated rings. The molecule has 0 spiro atoms. The monoisotopic (exact) mass is 248 g/mol. The molecule has 1 N–H and O–H groups in total. The number of hydrogen-bond acceptors (Lipinski definition) is 1. The first-order valence-corrected chi connectivity index (χ1v) is 7.29. The number of rotatable bonds is 6. The van der Waals surface area contributed by atoms with E-state index in [2.05, 4.69) is 32.0 Å². The van der Waals surface area contributed by atoms with Crippen LogP contribution in [0.25, 0.3) is 0 Å². The Labute approximate surface area is 111 Å². The van der Waals surface area contributed by atoms with Crippen LogP contribution in [-0.2, 0) is 0 Å². The normalized spacial score (nSPS) is 16.1. The summed E-state index contributed by atoms with van der Waals surface area (Å²) in [6.45, 7) is 9.20. The summed E-state index contributed by atoms with van der Waals surface area (Å²) in [6, 6.07) is 6.43. The molecule has 2 nitrogen and oxygen atoms in total. The average molecular weight is 248 g/mol. The zero-order chi connectivity index (χ0) is 12.8. The van der Waals surface area contributed by atoms with Crippen molar-refractivity contribution >= 4 is 0 Å². The van der Waals surface area contributed by atoms with Crippen molar-refractivity contribution in [2.24, 2.45) is 0 Å². The molecule has 1 saturated heterocycles. The van der Waals surface area contributed by atoms with E-state index in [9.17, 15) is 0 Å². The molecule has 0 radical (unpaired) electrons. The summed E-state index contributed by atoms with van der Waals surface area (Å²) in [6.07, 6.45) is 5.32. The number of benzene rings is 1. The number of hydrogen-bond donors (Lipinski definition) is 1. The molecule has 0 aromatic heterocycles. The first-order chi connectivity index (χ1) is 8.74. The van der Waals surface area contributed by atoms with Gasteiger partial charge in [-0.25, -0.2) is 0 Å². The van der Waals surface area contributed by atoms with Gasteiger partial charge in [-0.3, -0.25) is 0 Å². The lowest BCUT2D eigenvalue weighted by Gasteiger charge is -2.12. The molecule has 0 amide bonds. The molecule has 0 bridgehead atoms. The highest BCUT2D eigenvalue weighted by atomic mass is 16.5. The van der Waals surface area contributed by atoms with Crippen LogP contribution in [0.3, 0.4) is 0 Å². The predicted molar refractivity (Wildman–Crippen MR) is 75.4 cm³/mol. The topological polar surface area (TPSA) is 13.7 Å². The summed E-state index contributed by atoms with van der Waals surface area (Å²) in [5, 5.41) is 0. The third kappa shape index (κ3) is 4.34. The SMILES string of the molecule is Cc1cc(C)cc(OCCCC[NH+]2CCCC2)c1. The van der Waals surface area contributed by atoms with Crippen molar-refractivity contribution in [2.75, 3.05) is 26.2 Å². The van der Waals surface area contributed by atoms with Crippen molar-refractivity contribution in [3.05, 3.63) is 29.3 Å². The second-order valence-electron chi connectivity index (χ2n) is 5.59. The van der Waals surface area contributed by atoms with Crippen LogP contribution in [0.15, 0.2) is 18.2 Å². The highest BCUT2D eigenvalue weighted by Crippen LogP contribution is 2.16. The van der Waals surface area contributed by atoms with Gasteiger partial charge in [0.1, 0.15) is 5.75 Å². The van der Waals surface area contributed by atoms with Gasteiger partial charge in [-0.05, 0) is 49.9 Å². The maximum absolute atomic E-state index is 5.82. The Morgan fingerprint density at radius 1 is 1.00 bits per heavy atom. The van der Waals surface area contributed by atoms with E-state index in [-0.39, 0.29) is 0 Å². The van der Waals surface area contributed by atoms with Gasteiger partial charge in [-0.15, -0.1) is 0 Å². The molecule has 18 heavy (non-hydrogen) atoms. The van der Waals surface area contributed by atoms with Gasteiger partial charge in [0.05, 0.1) is 26.2 Å². The Balaban J connectivity index is 1.62. The van der Waals surface area contributed by atoms with E-state index in [4.69, 9.17) is 4.74 Å². The lowest BCUT2D eigenvalue weighted by molar-refractivity contribution is -0.887. The summed E-state index contributed by atoms with van der Waals surface area (Å²) in [7, 11) is 0. The van der Waals surface area contributed by atoms with Crippen molar-refractivity contribution in [3.8, 4) is 5.75 Å². The quantitative estimate of drug-likeness (QED) is 0.762. The highest BCUT2D eigenvalue weighted by Gasteiger charge is 2.13. The molecule has 0 unspecified atom stereocenters. The molecule has 100 valence electrons. The van der Waals surface area contributed by atoms with E-state index in [1.165, 1.54) is 56.4 Å². The van der Waals surface area contributed by atoms with Crippen LogP contribution in [0.2, 0.25) is 0 Å². The lowest BCUT2D eigenvalue weighted by Crippen LogP contribution is -3.09. The molecule has 1 aromatic carbocycles. The van der Waals surface area contributed by atoms with Crippen LogP contribution in [0.4, 0.5) is 0 Å². The molecule has 0 saturated carbocycles. The number of quaternary nitrogens is 1. The Bertz CT molecular complexity index is 349. The summed E-state index contributed by atoms with van der Waals surface area (Å²) in [5.41, 5.74) is 2.57. The summed E-state index contributed by atoms with van der Waals surface area (Å²) in [4.78, 5) is 1.79. The number of likely N-dealkylation sites (tertiary alicyclic amines) is 1. The maximum Gasteiger partial charge on any atom is 0.119 e. The lowest BCUT2D eigenvalue weighted by atomic mass is 10.1. The Kier molecular flexibility index (Phi) is 5.06. The predicted octanol–water partition coefficient (Wildman–Crippen LogP) is 2.14. The van der Waals surface area contributed by atoms with Crippen molar-refractivity contribution in [1.82, 2.24) is 0 Å². The minimum Gasteiger partial charge on any atom is -0.494 e. The smallest absolute Gasteiger partial charge is 0.119 e. The van der Waals surface area contributed by atoms with Crippen LogP contribution in [0.1, 0.15) is 36.8 Å². The van der Waals surface area contributed by atoms with E-state index in [0.29, 0.717) is 0 Å². The zero-order valence-electron chi connectivity index (χ0n) is 11.8. The molecular weight excluding hydrogens is 222 g/mol. The fourth-order valence-electron chi connectivity index (χ4n) is 2.81. The van der Waals surface area contributed by atoms with Gasteiger partial charge in [0, 0.05) is 12.8 Å². The molecule has 1 aliphatic rings. The van der Waals surface area contributed by atoms with Gasteiger partial charge >= 0.3 is 0 Å². The molecule has 0 aliphatic carbocycles. The van der Waals surface area contributed by atoms with E-state index < -0.39 is 0 Å². The van der Waals surface area contributed by atoms with Gasteiger partial charge in [0.15, 0.2) is 0 Å². The van der Waals surface area contributed by atoms with Crippen LogP contribution in [0, 0.1) is 13.8 Å². The molecular formula is C16H26NO+. The molecule has 1 heterocycles. The van der Waals surface area contributed by atoms with Gasteiger partial charge in [0.2, 0.25) is 0 Å². The number of nitrogens with one attached hydrogen (secondary N) is 1. The molecule has 2 heteroatoms. The van der Waals surface area contributed by atoms with Crippen molar-refractivity contribution < 1.29 is 9.64 Å². The Morgan fingerprint density at radius 3 is 2.33 bits per heavy atom. The largest absolute Gasteiger partial charge is 0.494 e. The molecule has 1 aromatic rings. The summed E-state index contributed by atoms with van der Waals surface area (Å²) < 4.78 is 5.82. The first kappa shape index (κ1) is 13.4. The first-order valence-electron chi connectivity index (χ1n) is 7.29. The van der Waals surface area contributed by atoms with Gasteiger partial charge in [-0.1, -0.05) is 6.07 Å². The number of aryl methyl sites for hydroxylation is 2. The third-order valence-electron chi connectivity index (χ3n) is 3.70. The van der Waals surface area contributed by atoms with Crippen LogP contribution in [0.5, 0.6) is 5.75 Å². The summed E-state index contributed by atoms with van der Waals surface area (Å²) >= 11 is 0. The van der Waals surface area contributed by atoms with Crippen LogP contribution in [-0.4, -0.2) is 26.2 Å². The van der Waals surface area contributed by atoms with Crippen molar-refractivity contribution in [1.29, 1.82) is 0 Å². The maximum atomic E-state index is 5.82. The standard InChI is InChI=1S/C16H25NO/c1-14-11-15(2)13-16(12-14)18-10-6-5-9-17-7-3-4-8-17/h11-13H,3-10H2,1-2H3/p+1. The summed E-state index contributed by atoms with van der Waals surface area (Å²) in [5.74, 6) is 1.03. The van der Waals surface area contributed by atoms with Crippen LogP contribution < -0.4 is 9.64 Å². The molecule has 2 rings (SSSR count). The number of unbranched alkanes of at least 4 members (excludes halogenated alkanes) is 1. The fraction of sp³-hybridized carbons (Fsp3) is 0.625. The van der Waals surface area contributed by atoms with Gasteiger partial charge < -0.3 is 9.64 Å². The van der Waals surface area contributed by atoms with E-state index in [0.717, 1.165) is 12.4 Å². The second-order valence-corrected chi connectivity index (χ2v) is 5.59.